The zero-order valence-electron chi connectivity index (χ0n) is 18.2. The molecule has 0 radical (unpaired) electrons. The first-order chi connectivity index (χ1) is 15.3. The molecule has 0 unspecified atom stereocenters. The maximum atomic E-state index is 3.77. The van der Waals surface area contributed by atoms with E-state index in [2.05, 4.69) is 91.0 Å². The normalized spacial score (nSPS) is 15.3. The third kappa shape index (κ3) is 4.49. The minimum absolute atomic E-state index is 0. The fourth-order valence-corrected chi connectivity index (χ4v) is 5.75. The molecule has 0 heterocycles. The summed E-state index contributed by atoms with van der Waals surface area (Å²) in [5, 5.41) is 5.22. The average Bonchev–Trinajstić information content (AvgIpc) is 3.46. The summed E-state index contributed by atoms with van der Waals surface area (Å²) in [5.41, 5.74) is 6.92. The molecular weight excluding hydrogens is 522 g/mol. The molecule has 162 valence electrons. The van der Waals surface area contributed by atoms with Gasteiger partial charge in [-0.2, -0.15) is 0 Å². The van der Waals surface area contributed by atoms with Gasteiger partial charge in [0.25, 0.3) is 0 Å². The average molecular weight is 546 g/mol. The van der Waals surface area contributed by atoms with Crippen molar-refractivity contribution >= 4 is 24.8 Å². The summed E-state index contributed by atoms with van der Waals surface area (Å²) in [6.07, 6.45) is 14.1. The number of fused-ring (bicyclic) bond motifs is 7. The van der Waals surface area contributed by atoms with E-state index >= 15 is 0 Å². The Bertz CT molecular complexity index is 1400. The summed E-state index contributed by atoms with van der Waals surface area (Å²) in [7, 11) is 0. The fourth-order valence-electron chi connectivity index (χ4n) is 4.89. The predicted molar refractivity (Wildman–Crippen MR) is 128 cm³/mol. The molecule has 0 aliphatic heterocycles. The van der Waals surface area contributed by atoms with Crippen LogP contribution in [0.15, 0.2) is 85.0 Å². The van der Waals surface area contributed by atoms with E-state index < -0.39 is 0 Å². The largest absolute Gasteiger partial charge is 0.138 e. The molecule has 1 saturated carbocycles. The number of hydrogen-bond acceptors (Lipinski definition) is 0. The summed E-state index contributed by atoms with van der Waals surface area (Å²) in [5.74, 6) is 0.351. The Balaban J connectivity index is 0.000000332. The van der Waals surface area contributed by atoms with Gasteiger partial charge in [0.15, 0.2) is 0 Å². The van der Waals surface area contributed by atoms with Gasteiger partial charge in [0.2, 0.25) is 0 Å². The van der Waals surface area contributed by atoms with Crippen molar-refractivity contribution in [3.05, 3.63) is 108 Å². The van der Waals surface area contributed by atoms with Gasteiger partial charge < -0.3 is 24.8 Å². The van der Waals surface area contributed by atoms with E-state index in [4.69, 9.17) is 0 Å². The Morgan fingerprint density at radius 2 is 1.36 bits per heavy atom. The number of hydrogen-bond donors (Lipinski definition) is 0. The first-order valence-electron chi connectivity index (χ1n) is 11.2. The number of benzene rings is 4. The van der Waals surface area contributed by atoms with Gasteiger partial charge in [0, 0.05) is 5.92 Å². The molecule has 3 aliphatic rings. The van der Waals surface area contributed by atoms with E-state index in [-0.39, 0.29) is 24.8 Å². The molecule has 4 aromatic carbocycles. The van der Waals surface area contributed by atoms with E-state index in [0.717, 1.165) is 6.42 Å². The van der Waals surface area contributed by atoms with Crippen LogP contribution in [-0.4, -0.2) is 3.21 Å². The Morgan fingerprint density at radius 1 is 0.727 bits per heavy atom. The molecule has 1 fully saturated rings. The van der Waals surface area contributed by atoms with Crippen molar-refractivity contribution in [3.63, 3.8) is 0 Å². The quantitative estimate of drug-likeness (QED) is 0.280. The van der Waals surface area contributed by atoms with Crippen LogP contribution in [0.5, 0.6) is 0 Å². The van der Waals surface area contributed by atoms with E-state index in [1.54, 1.807) is 27.4 Å². The monoisotopic (exact) mass is 543 g/mol. The first kappa shape index (κ1) is 24.3. The molecule has 0 aromatic heterocycles. The number of rotatable bonds is 1. The third-order valence-electron chi connectivity index (χ3n) is 6.75. The minimum Gasteiger partial charge on any atom is -0.138 e. The topological polar surface area (TPSA) is 0 Å². The Kier molecular flexibility index (Phi) is 7.54. The van der Waals surface area contributed by atoms with E-state index in [1.807, 2.05) is 0 Å². The first-order valence-corrected chi connectivity index (χ1v) is 12.4. The molecule has 3 heteroatoms. The van der Waals surface area contributed by atoms with E-state index in [0.29, 0.717) is 5.92 Å². The summed E-state index contributed by atoms with van der Waals surface area (Å²) < 4.78 is 1.78. The maximum absolute atomic E-state index is 3.77. The van der Waals surface area contributed by atoms with Gasteiger partial charge in [0.05, 0.1) is 0 Å². The van der Waals surface area contributed by atoms with Crippen molar-refractivity contribution in [3.8, 4) is 11.1 Å². The van der Waals surface area contributed by atoms with Gasteiger partial charge in [-0.15, -0.1) is 34.5 Å². The van der Waals surface area contributed by atoms with Crippen LogP contribution in [0.1, 0.15) is 41.9 Å². The van der Waals surface area contributed by atoms with Crippen molar-refractivity contribution in [2.75, 3.05) is 0 Å². The van der Waals surface area contributed by atoms with Crippen molar-refractivity contribution in [2.45, 2.75) is 31.6 Å². The van der Waals surface area contributed by atoms with E-state index in [9.17, 15) is 0 Å². The van der Waals surface area contributed by atoms with Crippen LogP contribution in [0.4, 0.5) is 0 Å². The second-order valence-electron chi connectivity index (χ2n) is 8.73. The fraction of sp³-hybridized carbons (Fsp3) is 0.167. The number of allylic oxidation sites excluding steroid dienone is 4. The van der Waals surface area contributed by atoms with E-state index in [1.165, 1.54) is 68.6 Å². The Hall–Kier alpha value is -1.79. The summed E-state index contributed by atoms with van der Waals surface area (Å²) in [4.78, 5) is 0. The molecule has 7 rings (SSSR count). The molecule has 0 N–H and O–H groups in total. The molecule has 0 spiro atoms. The van der Waals surface area contributed by atoms with Gasteiger partial charge in [-0.1, -0.05) is 84.0 Å². The van der Waals surface area contributed by atoms with Gasteiger partial charge in [0.1, 0.15) is 0 Å². The second-order valence-corrected chi connectivity index (χ2v) is 10.5. The van der Waals surface area contributed by atoms with Crippen LogP contribution >= 0.6 is 0 Å². The van der Waals surface area contributed by atoms with Crippen LogP contribution in [-0.2, 0) is 30.7 Å². The molecule has 0 nitrogen and oxygen atoms in total. The molecular formula is C30H23Cl2Zr-. The summed E-state index contributed by atoms with van der Waals surface area (Å²) in [6, 6.07) is 26.1. The smallest absolute Gasteiger partial charge is 0.00333 e. The molecule has 0 saturated heterocycles. The standard InChI is InChI=1S/C26H17.C4H6.2ClH.Zr/c1-2-6-17(5-1)20-12-9-19-11-14-22-15-21-13-10-18-7-3-4-8-23(18)25(21)26(22)24(19)16-20;1-2-4-3-1;;;/h1-14,17H,15H2;1-3H2;2*1H;/q-1;;;;+2/p-2. The molecule has 0 amide bonds. The van der Waals surface area contributed by atoms with Crippen molar-refractivity contribution in [1.29, 1.82) is 0 Å². The van der Waals surface area contributed by atoms with Crippen LogP contribution in [0, 0.1) is 6.07 Å². The van der Waals surface area contributed by atoms with Crippen molar-refractivity contribution < 1.29 is 49.0 Å². The SMILES string of the molecule is [Cl-].[Cl-].[Zr+2]=[C]1CCC1.[c-]1c(C2C=CC=C2)ccc2ccc3c(c12)-c1c(ccc2ccccc12)C3. The number of halogens is 2. The molecule has 0 atom stereocenters. The van der Waals surface area contributed by atoms with Gasteiger partial charge in [-0.25, -0.2) is 0 Å². The van der Waals surface area contributed by atoms with Gasteiger partial charge in [-0.3, -0.25) is 0 Å². The molecule has 4 aromatic rings. The second kappa shape index (κ2) is 10.2. The van der Waals surface area contributed by atoms with Crippen molar-refractivity contribution in [2.24, 2.45) is 0 Å². The van der Waals surface area contributed by atoms with Crippen molar-refractivity contribution in [1.82, 2.24) is 0 Å². The minimum atomic E-state index is 0. The third-order valence-corrected chi connectivity index (χ3v) is 7.98. The molecule has 3 aliphatic carbocycles. The summed E-state index contributed by atoms with van der Waals surface area (Å²) in [6.45, 7) is 0. The van der Waals surface area contributed by atoms with Crippen LogP contribution < -0.4 is 24.8 Å². The zero-order valence-corrected chi connectivity index (χ0v) is 22.2. The Morgan fingerprint density at radius 3 is 2.06 bits per heavy atom. The van der Waals surface area contributed by atoms with Gasteiger partial charge >= 0.3 is 46.7 Å². The molecule has 0 bridgehead atoms. The molecule has 33 heavy (non-hydrogen) atoms. The van der Waals surface area contributed by atoms with Gasteiger partial charge in [-0.05, 0) is 28.3 Å². The van der Waals surface area contributed by atoms with Crippen LogP contribution in [0.2, 0.25) is 0 Å². The van der Waals surface area contributed by atoms with Crippen LogP contribution in [0.25, 0.3) is 32.7 Å². The maximum Gasteiger partial charge on any atom is 0.00333 e. The zero-order chi connectivity index (χ0) is 20.8. The predicted octanol–water partition coefficient (Wildman–Crippen LogP) is 1.47. The van der Waals surface area contributed by atoms with Crippen LogP contribution in [0.3, 0.4) is 0 Å². The Labute approximate surface area is 222 Å². The summed E-state index contributed by atoms with van der Waals surface area (Å²) >= 11 is 1.67.